The fourth-order valence-corrected chi connectivity index (χ4v) is 3.28. The van der Waals surface area contributed by atoms with Crippen molar-refractivity contribution in [2.24, 2.45) is 0 Å². The van der Waals surface area contributed by atoms with E-state index in [-0.39, 0.29) is 0 Å². The van der Waals surface area contributed by atoms with Crippen molar-refractivity contribution in [3.63, 3.8) is 0 Å². The fourth-order valence-electron chi connectivity index (χ4n) is 1.68. The molecule has 2 rings (SSSR count). The first kappa shape index (κ1) is 9.47. The molecule has 13 heavy (non-hydrogen) atoms. The summed E-state index contributed by atoms with van der Waals surface area (Å²) in [6.45, 7) is 2.17. The highest BCUT2D eigenvalue weighted by Crippen LogP contribution is 2.35. The van der Waals surface area contributed by atoms with Crippen LogP contribution in [0.2, 0.25) is 0 Å². The summed E-state index contributed by atoms with van der Waals surface area (Å²) in [5.74, 6) is 0. The number of allylic oxidation sites excluding steroid dienone is 2. The highest BCUT2D eigenvalue weighted by molar-refractivity contribution is 9.10. The molecule has 0 N–H and O–H groups in total. The Morgan fingerprint density at radius 1 is 1.38 bits per heavy atom. The number of halogens is 1. The molecule has 0 radical (unpaired) electrons. The van der Waals surface area contributed by atoms with Crippen LogP contribution in [0, 0.1) is 6.92 Å². The van der Waals surface area contributed by atoms with Crippen molar-refractivity contribution in [1.82, 2.24) is 0 Å². The van der Waals surface area contributed by atoms with E-state index < -0.39 is 0 Å². The Morgan fingerprint density at radius 2 is 2.23 bits per heavy atom. The third-order valence-electron chi connectivity index (χ3n) is 2.46. The molecule has 0 fully saturated rings. The number of hydrogen-bond acceptors (Lipinski definition) is 1. The first-order chi connectivity index (χ1) is 6.27. The van der Waals surface area contributed by atoms with E-state index in [0.29, 0.717) is 0 Å². The molecule has 0 saturated carbocycles. The zero-order valence-electron chi connectivity index (χ0n) is 7.77. The van der Waals surface area contributed by atoms with Crippen LogP contribution in [0.15, 0.2) is 16.6 Å². The van der Waals surface area contributed by atoms with Crippen LogP contribution in [0.3, 0.4) is 0 Å². The van der Waals surface area contributed by atoms with E-state index >= 15 is 0 Å². The second kappa shape index (κ2) is 3.97. The first-order valence-corrected chi connectivity index (χ1v) is 6.33. The van der Waals surface area contributed by atoms with Crippen molar-refractivity contribution in [3.8, 4) is 0 Å². The SMILES string of the molecule is Cc1sc(C2=CCCCC2)cc1Br. The molecule has 0 aromatic carbocycles. The van der Waals surface area contributed by atoms with E-state index in [9.17, 15) is 0 Å². The zero-order valence-corrected chi connectivity index (χ0v) is 10.2. The van der Waals surface area contributed by atoms with Crippen LogP contribution < -0.4 is 0 Å². The third kappa shape index (κ3) is 2.05. The first-order valence-electron chi connectivity index (χ1n) is 4.73. The van der Waals surface area contributed by atoms with Gasteiger partial charge in [0.2, 0.25) is 0 Å². The Balaban J connectivity index is 2.29. The standard InChI is InChI=1S/C11H13BrS/c1-8-10(12)7-11(13-8)9-5-3-2-4-6-9/h5,7H,2-4,6H2,1H3. The molecule has 2 heteroatoms. The summed E-state index contributed by atoms with van der Waals surface area (Å²) in [6.07, 6.45) is 7.67. The minimum atomic E-state index is 1.26. The third-order valence-corrected chi connectivity index (χ3v) is 4.68. The Kier molecular flexibility index (Phi) is 2.89. The highest BCUT2D eigenvalue weighted by atomic mass is 79.9. The average molecular weight is 257 g/mol. The molecule has 0 nitrogen and oxygen atoms in total. The van der Waals surface area contributed by atoms with Crippen molar-refractivity contribution in [2.45, 2.75) is 32.6 Å². The largest absolute Gasteiger partial charge is 0.140 e. The quantitative estimate of drug-likeness (QED) is 0.679. The van der Waals surface area contributed by atoms with Gasteiger partial charge in [-0.15, -0.1) is 11.3 Å². The van der Waals surface area contributed by atoms with Crippen LogP contribution in [0.1, 0.15) is 35.4 Å². The molecule has 1 aliphatic rings. The summed E-state index contributed by atoms with van der Waals surface area (Å²) in [4.78, 5) is 2.85. The van der Waals surface area contributed by atoms with E-state index in [4.69, 9.17) is 0 Å². The molecule has 0 bridgehead atoms. The van der Waals surface area contributed by atoms with Crippen LogP contribution in [-0.2, 0) is 0 Å². The summed E-state index contributed by atoms with van der Waals surface area (Å²) in [5, 5.41) is 0. The molecule has 1 aromatic rings. The van der Waals surface area contributed by atoms with Gasteiger partial charge < -0.3 is 0 Å². The van der Waals surface area contributed by atoms with Gasteiger partial charge in [0.15, 0.2) is 0 Å². The normalized spacial score (nSPS) is 17.2. The number of hydrogen-bond donors (Lipinski definition) is 0. The minimum Gasteiger partial charge on any atom is -0.140 e. The Bertz CT molecular complexity index is 316. The van der Waals surface area contributed by atoms with Crippen molar-refractivity contribution < 1.29 is 0 Å². The van der Waals surface area contributed by atoms with E-state index in [2.05, 4.69) is 35.0 Å². The molecule has 0 spiro atoms. The number of thiophene rings is 1. The van der Waals surface area contributed by atoms with E-state index in [1.807, 2.05) is 11.3 Å². The van der Waals surface area contributed by atoms with Gasteiger partial charge >= 0.3 is 0 Å². The smallest absolute Gasteiger partial charge is 0.0317 e. The summed E-state index contributed by atoms with van der Waals surface area (Å²) in [5.41, 5.74) is 1.56. The maximum atomic E-state index is 3.57. The molecule has 0 unspecified atom stereocenters. The maximum Gasteiger partial charge on any atom is 0.0317 e. The molecule has 0 atom stereocenters. The number of aryl methyl sites for hydroxylation is 1. The zero-order chi connectivity index (χ0) is 9.26. The lowest BCUT2D eigenvalue weighted by atomic mass is 9.99. The van der Waals surface area contributed by atoms with Crippen LogP contribution >= 0.6 is 27.3 Å². The topological polar surface area (TPSA) is 0 Å². The van der Waals surface area contributed by atoms with Gasteiger partial charge in [-0.1, -0.05) is 6.08 Å². The molecular formula is C11H13BrS. The van der Waals surface area contributed by atoms with E-state index in [0.717, 1.165) is 0 Å². The van der Waals surface area contributed by atoms with Crippen LogP contribution in [0.25, 0.3) is 5.57 Å². The van der Waals surface area contributed by atoms with Crippen molar-refractivity contribution >= 4 is 32.8 Å². The van der Waals surface area contributed by atoms with Gasteiger partial charge in [-0.2, -0.15) is 0 Å². The van der Waals surface area contributed by atoms with Crippen molar-refractivity contribution in [3.05, 3.63) is 26.4 Å². The van der Waals surface area contributed by atoms with Crippen LogP contribution in [0.4, 0.5) is 0 Å². The van der Waals surface area contributed by atoms with Crippen molar-refractivity contribution in [1.29, 1.82) is 0 Å². The Labute approximate surface area is 91.8 Å². The van der Waals surface area contributed by atoms with Gasteiger partial charge in [-0.3, -0.25) is 0 Å². The van der Waals surface area contributed by atoms with Gasteiger partial charge in [0.1, 0.15) is 0 Å². The average Bonchev–Trinajstić information content (AvgIpc) is 2.49. The lowest BCUT2D eigenvalue weighted by molar-refractivity contribution is 0.743. The molecule has 1 aliphatic carbocycles. The van der Waals surface area contributed by atoms with E-state index in [1.54, 1.807) is 5.57 Å². The molecule has 0 aliphatic heterocycles. The number of rotatable bonds is 1. The van der Waals surface area contributed by atoms with Gasteiger partial charge in [-0.05, 0) is 60.2 Å². The summed E-state index contributed by atoms with van der Waals surface area (Å²) >= 11 is 5.47. The monoisotopic (exact) mass is 256 g/mol. The van der Waals surface area contributed by atoms with Crippen molar-refractivity contribution in [2.75, 3.05) is 0 Å². The lowest BCUT2D eigenvalue weighted by Gasteiger charge is -2.10. The second-order valence-electron chi connectivity index (χ2n) is 3.49. The molecular weight excluding hydrogens is 244 g/mol. The second-order valence-corrected chi connectivity index (χ2v) is 5.60. The lowest BCUT2D eigenvalue weighted by Crippen LogP contribution is -1.88. The summed E-state index contributed by atoms with van der Waals surface area (Å²) in [7, 11) is 0. The Hall–Kier alpha value is -0.0800. The van der Waals surface area contributed by atoms with Crippen LogP contribution in [0.5, 0.6) is 0 Å². The highest BCUT2D eigenvalue weighted by Gasteiger charge is 2.09. The molecule has 0 amide bonds. The molecule has 70 valence electrons. The van der Waals surface area contributed by atoms with Gasteiger partial charge in [0.05, 0.1) is 0 Å². The minimum absolute atomic E-state index is 1.26. The molecule has 1 aromatic heterocycles. The molecule has 0 saturated heterocycles. The fraction of sp³-hybridized carbons (Fsp3) is 0.455. The maximum absolute atomic E-state index is 3.57. The van der Waals surface area contributed by atoms with Crippen LogP contribution in [-0.4, -0.2) is 0 Å². The molecule has 1 heterocycles. The predicted octanol–water partition coefficient (Wildman–Crippen LogP) is 4.78. The van der Waals surface area contributed by atoms with E-state index in [1.165, 1.54) is 39.9 Å². The summed E-state index contributed by atoms with van der Waals surface area (Å²) < 4.78 is 1.26. The van der Waals surface area contributed by atoms with Gasteiger partial charge in [0, 0.05) is 14.2 Å². The van der Waals surface area contributed by atoms with Gasteiger partial charge in [0.25, 0.3) is 0 Å². The Morgan fingerprint density at radius 3 is 2.77 bits per heavy atom. The summed E-state index contributed by atoms with van der Waals surface area (Å²) in [6, 6.07) is 2.26. The van der Waals surface area contributed by atoms with Gasteiger partial charge in [-0.25, -0.2) is 0 Å². The predicted molar refractivity (Wildman–Crippen MR) is 63.2 cm³/mol.